The molecule has 2 aliphatic rings. The van der Waals surface area contributed by atoms with Gasteiger partial charge in [-0.15, -0.1) is 0 Å². The molecule has 0 aromatic carbocycles. The van der Waals surface area contributed by atoms with Crippen LogP contribution in [0, 0.1) is 6.92 Å². The molecular weight excluding hydrogens is 292 g/mol. The summed E-state index contributed by atoms with van der Waals surface area (Å²) in [6.45, 7) is 5.69. The van der Waals surface area contributed by atoms with Crippen LogP contribution in [-0.2, 0) is 16.6 Å². The Morgan fingerprint density at radius 3 is 2.86 bits per heavy atom. The number of hydrogen-bond donors (Lipinski definition) is 1. The summed E-state index contributed by atoms with van der Waals surface area (Å²) in [5.74, 6) is 0.637. The summed E-state index contributed by atoms with van der Waals surface area (Å²) in [5.41, 5.74) is 0. The van der Waals surface area contributed by atoms with Crippen molar-refractivity contribution in [2.75, 3.05) is 19.6 Å². The van der Waals surface area contributed by atoms with Gasteiger partial charge in [0.2, 0.25) is 10.0 Å². The average Bonchev–Trinajstić information content (AvgIpc) is 3.03. The Morgan fingerprint density at radius 2 is 2.19 bits per heavy atom. The lowest BCUT2D eigenvalue weighted by Crippen LogP contribution is -2.56. The number of furan rings is 1. The molecule has 2 aliphatic heterocycles. The van der Waals surface area contributed by atoms with Gasteiger partial charge >= 0.3 is 0 Å². The van der Waals surface area contributed by atoms with Gasteiger partial charge in [-0.25, -0.2) is 8.42 Å². The van der Waals surface area contributed by atoms with Gasteiger partial charge in [0, 0.05) is 31.2 Å². The van der Waals surface area contributed by atoms with Crippen LogP contribution in [0.1, 0.15) is 31.3 Å². The number of sulfonamides is 1. The fourth-order valence-corrected chi connectivity index (χ4v) is 5.33. The molecule has 118 valence electrons. The number of fused-ring (bicyclic) bond motifs is 1. The maximum absolute atomic E-state index is 12.9. The van der Waals surface area contributed by atoms with Crippen molar-refractivity contribution in [1.29, 1.82) is 0 Å². The molecule has 0 bridgehead atoms. The summed E-state index contributed by atoms with van der Waals surface area (Å²) in [4.78, 5) is 2.57. The van der Waals surface area contributed by atoms with Crippen molar-refractivity contribution in [2.45, 2.75) is 50.3 Å². The molecule has 2 atom stereocenters. The number of aryl methyl sites for hydroxylation is 1. The average molecular weight is 314 g/mol. The van der Waals surface area contributed by atoms with Crippen LogP contribution in [0.2, 0.25) is 0 Å². The lowest BCUT2D eigenvalue weighted by Gasteiger charge is -2.41. The predicted octanol–water partition coefficient (Wildman–Crippen LogP) is 0.938. The van der Waals surface area contributed by atoms with Crippen molar-refractivity contribution in [3.05, 3.63) is 17.6 Å². The molecule has 2 unspecified atom stereocenters. The molecule has 1 aromatic heterocycles. The molecule has 6 nitrogen and oxygen atoms in total. The Kier molecular flexibility index (Phi) is 3.85. The molecule has 1 aromatic rings. The zero-order chi connectivity index (χ0) is 15.2. The highest BCUT2D eigenvalue weighted by atomic mass is 32.2. The van der Waals surface area contributed by atoms with Crippen molar-refractivity contribution >= 4 is 10.0 Å². The summed E-state index contributed by atoms with van der Waals surface area (Å²) >= 11 is 0. The third-order valence-electron chi connectivity index (χ3n) is 4.55. The summed E-state index contributed by atoms with van der Waals surface area (Å²) in [5, 5.41) is 9.12. The van der Waals surface area contributed by atoms with Crippen molar-refractivity contribution in [3.63, 3.8) is 0 Å². The first-order chi connectivity index (χ1) is 9.93. The highest BCUT2D eigenvalue weighted by Gasteiger charge is 2.41. The summed E-state index contributed by atoms with van der Waals surface area (Å²) in [6.07, 6.45) is 2.20. The molecule has 0 aliphatic carbocycles. The van der Waals surface area contributed by atoms with Gasteiger partial charge in [-0.3, -0.25) is 4.90 Å². The lowest BCUT2D eigenvalue weighted by molar-refractivity contribution is 0.117. The highest BCUT2D eigenvalue weighted by Crippen LogP contribution is 2.31. The maximum Gasteiger partial charge on any atom is 0.246 e. The fraction of sp³-hybridized carbons (Fsp3) is 0.714. The monoisotopic (exact) mass is 314 g/mol. The molecular formula is C14H22N2O4S. The van der Waals surface area contributed by atoms with Crippen LogP contribution in [0.4, 0.5) is 0 Å². The van der Waals surface area contributed by atoms with Gasteiger partial charge in [0.05, 0.1) is 0 Å². The Hall–Kier alpha value is -0.890. The molecule has 2 saturated heterocycles. The second-order valence-corrected chi connectivity index (χ2v) is 7.86. The predicted molar refractivity (Wildman–Crippen MR) is 77.3 cm³/mol. The van der Waals surface area contributed by atoms with Gasteiger partial charge in [-0.2, -0.15) is 4.31 Å². The van der Waals surface area contributed by atoms with Crippen molar-refractivity contribution in [2.24, 2.45) is 0 Å². The summed E-state index contributed by atoms with van der Waals surface area (Å²) < 4.78 is 32.7. The zero-order valence-corrected chi connectivity index (χ0v) is 13.3. The quantitative estimate of drug-likeness (QED) is 0.899. The van der Waals surface area contributed by atoms with Crippen LogP contribution in [0.5, 0.6) is 0 Å². The van der Waals surface area contributed by atoms with E-state index in [0.717, 1.165) is 25.9 Å². The molecule has 3 rings (SSSR count). The third-order valence-corrected chi connectivity index (χ3v) is 6.63. The molecule has 1 N–H and O–H groups in total. The van der Waals surface area contributed by atoms with Crippen molar-refractivity contribution in [3.8, 4) is 0 Å². The van der Waals surface area contributed by atoms with E-state index in [1.165, 1.54) is 6.07 Å². The summed E-state index contributed by atoms with van der Waals surface area (Å²) in [6, 6.07) is 1.73. The second-order valence-electron chi connectivity index (χ2n) is 6.01. The molecule has 0 radical (unpaired) electrons. The SMILES string of the molecule is Cc1oc(CO)cc1S(=O)(=O)N1CC2CCCN2CC1C. The van der Waals surface area contributed by atoms with Gasteiger partial charge in [-0.05, 0) is 33.2 Å². The number of rotatable bonds is 3. The van der Waals surface area contributed by atoms with E-state index in [2.05, 4.69) is 4.90 Å². The number of nitrogens with zero attached hydrogens (tertiary/aromatic N) is 2. The van der Waals surface area contributed by atoms with E-state index in [9.17, 15) is 8.42 Å². The third kappa shape index (κ3) is 2.52. The molecule has 21 heavy (non-hydrogen) atoms. The van der Waals surface area contributed by atoms with E-state index in [1.807, 2.05) is 6.92 Å². The number of aliphatic hydroxyl groups is 1. The van der Waals surface area contributed by atoms with Crippen LogP contribution in [0.3, 0.4) is 0 Å². The first-order valence-electron chi connectivity index (χ1n) is 7.39. The Bertz CT molecular complexity index is 625. The number of piperazine rings is 1. The summed E-state index contributed by atoms with van der Waals surface area (Å²) in [7, 11) is -3.57. The largest absolute Gasteiger partial charge is 0.462 e. The molecule has 2 fully saturated rings. The smallest absolute Gasteiger partial charge is 0.246 e. The highest BCUT2D eigenvalue weighted by molar-refractivity contribution is 7.89. The van der Waals surface area contributed by atoms with E-state index in [4.69, 9.17) is 9.52 Å². The standard InChI is InChI=1S/C14H22N2O4S/c1-10-7-15-5-3-4-12(15)8-16(10)21(18,19)14-6-13(9-17)20-11(14)2/h6,10,12,17H,3-5,7-9H2,1-2H3. The zero-order valence-electron chi connectivity index (χ0n) is 12.4. The molecule has 3 heterocycles. The van der Waals surface area contributed by atoms with Crippen LogP contribution < -0.4 is 0 Å². The molecule has 0 saturated carbocycles. The van der Waals surface area contributed by atoms with Crippen LogP contribution in [0.25, 0.3) is 0 Å². The van der Waals surface area contributed by atoms with Gasteiger partial charge in [-0.1, -0.05) is 0 Å². The minimum absolute atomic E-state index is 0.0452. The van der Waals surface area contributed by atoms with E-state index in [0.29, 0.717) is 24.1 Å². The van der Waals surface area contributed by atoms with Crippen LogP contribution in [-0.4, -0.2) is 54.4 Å². The van der Waals surface area contributed by atoms with Crippen LogP contribution in [0.15, 0.2) is 15.4 Å². The second kappa shape index (κ2) is 5.39. The van der Waals surface area contributed by atoms with E-state index in [-0.39, 0.29) is 17.5 Å². The minimum Gasteiger partial charge on any atom is -0.462 e. The van der Waals surface area contributed by atoms with Crippen molar-refractivity contribution < 1.29 is 17.9 Å². The molecule has 0 amide bonds. The van der Waals surface area contributed by atoms with E-state index in [1.54, 1.807) is 11.2 Å². The lowest BCUT2D eigenvalue weighted by atomic mass is 10.1. The maximum atomic E-state index is 12.9. The topological polar surface area (TPSA) is 74.0 Å². The molecule has 0 spiro atoms. The normalized spacial score (nSPS) is 28.0. The molecule has 7 heteroatoms. The Labute approximate surface area is 125 Å². The number of hydrogen-bond acceptors (Lipinski definition) is 5. The first kappa shape index (κ1) is 15.0. The van der Waals surface area contributed by atoms with Gasteiger partial charge < -0.3 is 9.52 Å². The van der Waals surface area contributed by atoms with Gasteiger partial charge in [0.15, 0.2) is 0 Å². The van der Waals surface area contributed by atoms with Gasteiger partial charge in [0.1, 0.15) is 23.0 Å². The Morgan fingerprint density at radius 1 is 1.43 bits per heavy atom. The number of aliphatic hydroxyl groups excluding tert-OH is 1. The van der Waals surface area contributed by atoms with Gasteiger partial charge in [0.25, 0.3) is 0 Å². The Balaban J connectivity index is 1.91. The van der Waals surface area contributed by atoms with E-state index < -0.39 is 10.0 Å². The first-order valence-corrected chi connectivity index (χ1v) is 8.83. The fourth-order valence-electron chi connectivity index (χ4n) is 3.48. The van der Waals surface area contributed by atoms with Crippen LogP contribution >= 0.6 is 0 Å². The minimum atomic E-state index is -3.57. The van der Waals surface area contributed by atoms with Crippen molar-refractivity contribution in [1.82, 2.24) is 9.21 Å². The van der Waals surface area contributed by atoms with E-state index >= 15 is 0 Å².